The minimum atomic E-state index is -1.01. The van der Waals surface area contributed by atoms with Crippen LogP contribution in [0, 0.1) is 0 Å². The van der Waals surface area contributed by atoms with Crippen LogP contribution in [0.5, 0.6) is 0 Å². The number of nitrogens with one attached hydrogen (secondary N) is 1. The molecule has 0 aliphatic carbocycles. The van der Waals surface area contributed by atoms with Crippen molar-refractivity contribution < 1.29 is 24.2 Å². The van der Waals surface area contributed by atoms with Gasteiger partial charge >= 0.3 is 11.9 Å². The zero-order valence-electron chi connectivity index (χ0n) is 28.1. The molecule has 0 saturated carbocycles. The number of allylic oxidation sites excluding steroid dienone is 2. The SMILES string of the molecule is CCCCCCC/C=C\CCCCCCCC(=O)OC(CCCCCC)CCCCCCC(=O)NC(CCCN)C(=O)O. The number of unbranched alkanes of at least 4 members (excludes halogenated alkanes) is 16. The van der Waals surface area contributed by atoms with Crippen LogP contribution in [-0.2, 0) is 19.1 Å². The first-order valence-corrected chi connectivity index (χ1v) is 18.0. The highest BCUT2D eigenvalue weighted by Gasteiger charge is 2.19. The molecule has 2 unspecified atom stereocenters. The number of carboxylic acid groups (broad SMARTS) is 1. The van der Waals surface area contributed by atoms with E-state index in [4.69, 9.17) is 10.5 Å². The molecule has 0 saturated heterocycles. The maximum atomic E-state index is 12.5. The molecule has 4 N–H and O–H groups in total. The molecule has 0 aromatic heterocycles. The highest BCUT2D eigenvalue weighted by molar-refractivity contribution is 5.83. The maximum Gasteiger partial charge on any atom is 0.326 e. The van der Waals surface area contributed by atoms with Crippen LogP contribution in [0.4, 0.5) is 0 Å². The molecule has 0 spiro atoms. The van der Waals surface area contributed by atoms with Crippen molar-refractivity contribution in [2.45, 2.75) is 193 Å². The molecule has 7 heteroatoms. The minimum Gasteiger partial charge on any atom is -0.480 e. The highest BCUT2D eigenvalue weighted by atomic mass is 16.5. The van der Waals surface area contributed by atoms with Crippen molar-refractivity contribution in [1.29, 1.82) is 0 Å². The fourth-order valence-corrected chi connectivity index (χ4v) is 5.33. The van der Waals surface area contributed by atoms with E-state index < -0.39 is 12.0 Å². The van der Waals surface area contributed by atoms with Gasteiger partial charge in [-0.1, -0.05) is 103 Å². The lowest BCUT2D eigenvalue weighted by Gasteiger charge is -2.18. The Balaban J connectivity index is 4.08. The fourth-order valence-electron chi connectivity index (χ4n) is 5.33. The summed E-state index contributed by atoms with van der Waals surface area (Å²) in [5.74, 6) is -1.28. The Hall–Kier alpha value is -1.89. The van der Waals surface area contributed by atoms with Crippen molar-refractivity contribution in [2.24, 2.45) is 5.73 Å². The van der Waals surface area contributed by atoms with Gasteiger partial charge < -0.3 is 20.9 Å². The predicted molar refractivity (Wildman–Crippen MR) is 179 cm³/mol. The summed E-state index contributed by atoms with van der Waals surface area (Å²) in [7, 11) is 0. The van der Waals surface area contributed by atoms with Crippen molar-refractivity contribution in [2.75, 3.05) is 6.54 Å². The standard InChI is InChI=1S/C36H68N2O5/c1-3-5-7-9-10-11-12-13-14-15-16-17-18-24-30-35(40)43-32(26-21-8-6-4-2)27-22-19-20-23-29-34(39)38-33(36(41)42)28-25-31-37/h12-13,32-33H,3-11,14-31,37H2,1-2H3,(H,38,39)(H,41,42)/b13-12-. The monoisotopic (exact) mass is 609 g/mol. The Bertz CT molecular complexity index is 697. The molecule has 0 aliphatic heterocycles. The van der Waals surface area contributed by atoms with Crippen LogP contribution in [-0.4, -0.2) is 41.6 Å². The van der Waals surface area contributed by atoms with E-state index in [1.54, 1.807) is 0 Å². The third-order valence-electron chi connectivity index (χ3n) is 8.08. The second-order valence-electron chi connectivity index (χ2n) is 12.3. The number of carbonyl (C=O) groups is 3. The number of nitrogens with two attached hydrogens (primary N) is 1. The van der Waals surface area contributed by atoms with Gasteiger partial charge in [0.05, 0.1) is 0 Å². The average Bonchev–Trinajstić information content (AvgIpc) is 2.98. The van der Waals surface area contributed by atoms with Crippen LogP contribution in [0.15, 0.2) is 12.2 Å². The zero-order valence-corrected chi connectivity index (χ0v) is 28.1. The smallest absolute Gasteiger partial charge is 0.326 e. The summed E-state index contributed by atoms with van der Waals surface area (Å²) in [6.45, 7) is 4.87. The minimum absolute atomic E-state index is 0.00930. The lowest BCUT2D eigenvalue weighted by molar-refractivity contribution is -0.150. The number of ether oxygens (including phenoxy) is 1. The quantitative estimate of drug-likeness (QED) is 0.0398. The number of amides is 1. The summed E-state index contributed by atoms with van der Waals surface area (Å²) in [6, 6.07) is -0.860. The maximum absolute atomic E-state index is 12.5. The first kappa shape index (κ1) is 41.1. The lowest BCUT2D eigenvalue weighted by atomic mass is 10.0. The van der Waals surface area contributed by atoms with Gasteiger partial charge in [-0.15, -0.1) is 0 Å². The van der Waals surface area contributed by atoms with Gasteiger partial charge in [0.25, 0.3) is 0 Å². The van der Waals surface area contributed by atoms with E-state index >= 15 is 0 Å². The van der Waals surface area contributed by atoms with Crippen LogP contribution in [0.25, 0.3) is 0 Å². The van der Waals surface area contributed by atoms with E-state index in [0.717, 1.165) is 57.8 Å². The summed E-state index contributed by atoms with van der Waals surface area (Å²) in [6.07, 6.45) is 31.3. The van der Waals surface area contributed by atoms with E-state index in [1.165, 1.54) is 83.5 Å². The number of aliphatic carboxylic acids is 1. The second-order valence-corrected chi connectivity index (χ2v) is 12.3. The molecule has 43 heavy (non-hydrogen) atoms. The van der Waals surface area contributed by atoms with E-state index in [-0.39, 0.29) is 18.0 Å². The molecule has 7 nitrogen and oxygen atoms in total. The summed E-state index contributed by atoms with van der Waals surface area (Å²) in [5.41, 5.74) is 5.45. The van der Waals surface area contributed by atoms with E-state index in [0.29, 0.717) is 32.2 Å². The van der Waals surface area contributed by atoms with Gasteiger partial charge in [-0.25, -0.2) is 4.79 Å². The van der Waals surface area contributed by atoms with Crippen LogP contribution >= 0.6 is 0 Å². The third kappa shape index (κ3) is 28.6. The van der Waals surface area contributed by atoms with Gasteiger partial charge in [0, 0.05) is 12.8 Å². The Morgan fingerprint density at radius 3 is 1.70 bits per heavy atom. The molecule has 0 aromatic rings. The molecule has 0 aliphatic rings. The van der Waals surface area contributed by atoms with Gasteiger partial charge in [0.1, 0.15) is 12.1 Å². The molecule has 0 radical (unpaired) electrons. The van der Waals surface area contributed by atoms with E-state index in [1.807, 2.05) is 0 Å². The molecular weight excluding hydrogens is 540 g/mol. The van der Waals surface area contributed by atoms with Crippen LogP contribution in [0.1, 0.15) is 181 Å². The molecule has 0 heterocycles. The Morgan fingerprint density at radius 1 is 0.651 bits per heavy atom. The fraction of sp³-hybridized carbons (Fsp3) is 0.861. The summed E-state index contributed by atoms with van der Waals surface area (Å²) in [5, 5.41) is 11.9. The third-order valence-corrected chi connectivity index (χ3v) is 8.08. The molecular formula is C36H68N2O5. The highest BCUT2D eigenvalue weighted by Crippen LogP contribution is 2.18. The first-order valence-electron chi connectivity index (χ1n) is 18.0. The molecule has 252 valence electrons. The second kappa shape index (κ2) is 31.5. The van der Waals surface area contributed by atoms with Crippen LogP contribution in [0.2, 0.25) is 0 Å². The molecule has 0 fully saturated rings. The molecule has 0 rings (SSSR count). The Kier molecular flexibility index (Phi) is 30.1. The van der Waals surface area contributed by atoms with E-state index in [9.17, 15) is 19.5 Å². The summed E-state index contributed by atoms with van der Waals surface area (Å²) in [4.78, 5) is 36.0. The van der Waals surface area contributed by atoms with E-state index in [2.05, 4.69) is 31.3 Å². The lowest BCUT2D eigenvalue weighted by Crippen LogP contribution is -2.40. The number of carbonyl (C=O) groups excluding carboxylic acids is 2. The number of esters is 1. The van der Waals surface area contributed by atoms with Crippen molar-refractivity contribution in [3.8, 4) is 0 Å². The number of hydrogen-bond donors (Lipinski definition) is 3. The van der Waals surface area contributed by atoms with Crippen molar-refractivity contribution in [3.05, 3.63) is 12.2 Å². The molecule has 0 aromatic carbocycles. The first-order chi connectivity index (χ1) is 20.9. The van der Waals surface area contributed by atoms with Gasteiger partial charge in [-0.3, -0.25) is 9.59 Å². The zero-order chi connectivity index (χ0) is 31.8. The molecule has 1 amide bonds. The van der Waals surface area contributed by atoms with Gasteiger partial charge in [-0.05, 0) is 83.6 Å². The molecule has 2 atom stereocenters. The summed E-state index contributed by atoms with van der Waals surface area (Å²) < 4.78 is 5.91. The van der Waals surface area contributed by atoms with Crippen molar-refractivity contribution >= 4 is 17.8 Å². The molecule has 0 bridgehead atoms. The topological polar surface area (TPSA) is 119 Å². The largest absolute Gasteiger partial charge is 0.480 e. The number of hydrogen-bond acceptors (Lipinski definition) is 5. The van der Waals surface area contributed by atoms with Gasteiger partial charge in [0.2, 0.25) is 5.91 Å². The normalized spacial score (nSPS) is 12.8. The number of rotatable bonds is 32. The number of carboxylic acids is 1. The van der Waals surface area contributed by atoms with Crippen LogP contribution in [0.3, 0.4) is 0 Å². The van der Waals surface area contributed by atoms with Gasteiger partial charge in [0.15, 0.2) is 0 Å². The Morgan fingerprint density at radius 2 is 1.14 bits per heavy atom. The predicted octanol–water partition coefficient (Wildman–Crippen LogP) is 9.16. The Labute approximate surface area is 264 Å². The van der Waals surface area contributed by atoms with Gasteiger partial charge in [-0.2, -0.15) is 0 Å². The average molecular weight is 609 g/mol. The summed E-state index contributed by atoms with van der Waals surface area (Å²) >= 11 is 0. The van der Waals surface area contributed by atoms with Crippen molar-refractivity contribution in [3.63, 3.8) is 0 Å². The van der Waals surface area contributed by atoms with Crippen molar-refractivity contribution in [1.82, 2.24) is 5.32 Å². The van der Waals surface area contributed by atoms with Crippen LogP contribution < -0.4 is 11.1 Å².